The zero-order valence-corrected chi connectivity index (χ0v) is 16.9. The molecule has 0 bridgehead atoms. The highest BCUT2D eigenvalue weighted by atomic mass is 16.2. The Morgan fingerprint density at radius 3 is 1.97 bits per heavy atom. The molecule has 3 aromatic rings. The van der Waals surface area contributed by atoms with Crippen molar-refractivity contribution in [1.82, 2.24) is 5.32 Å². The normalized spacial score (nSPS) is 10.3. The van der Waals surface area contributed by atoms with Crippen LogP contribution in [0.1, 0.15) is 31.8 Å². The quantitative estimate of drug-likeness (QED) is 0.665. The lowest BCUT2D eigenvalue weighted by atomic mass is 10.1. The molecule has 0 heterocycles. The number of amides is 2. The number of anilines is 2. The van der Waals surface area contributed by atoms with E-state index in [1.54, 1.807) is 24.3 Å². The molecule has 29 heavy (non-hydrogen) atoms. The summed E-state index contributed by atoms with van der Waals surface area (Å²) in [5.74, 6) is -0.381. The number of nitrogens with zero attached hydrogens (tertiary/aromatic N) is 1. The first-order valence-electron chi connectivity index (χ1n) is 9.45. The zero-order valence-electron chi connectivity index (χ0n) is 16.9. The van der Waals surface area contributed by atoms with Crippen LogP contribution in [0.5, 0.6) is 0 Å². The van der Waals surface area contributed by atoms with Crippen molar-refractivity contribution in [3.05, 3.63) is 95.1 Å². The molecule has 0 aliphatic carbocycles. The Bertz CT molecular complexity index is 993. The van der Waals surface area contributed by atoms with Gasteiger partial charge in [0.05, 0.1) is 0 Å². The van der Waals surface area contributed by atoms with Crippen LogP contribution in [0.25, 0.3) is 0 Å². The first kappa shape index (κ1) is 20.1. The topological polar surface area (TPSA) is 61.4 Å². The highest BCUT2D eigenvalue weighted by Gasteiger charge is 2.10. The summed E-state index contributed by atoms with van der Waals surface area (Å²) >= 11 is 0. The average Bonchev–Trinajstić information content (AvgIpc) is 2.73. The van der Waals surface area contributed by atoms with E-state index >= 15 is 0 Å². The van der Waals surface area contributed by atoms with Gasteiger partial charge in [0.2, 0.25) is 0 Å². The fourth-order valence-electron chi connectivity index (χ4n) is 2.91. The second-order valence-electron chi connectivity index (χ2n) is 7.08. The Morgan fingerprint density at radius 2 is 1.38 bits per heavy atom. The summed E-state index contributed by atoms with van der Waals surface area (Å²) in [6.45, 7) is 2.49. The van der Waals surface area contributed by atoms with Gasteiger partial charge in [-0.1, -0.05) is 24.3 Å². The summed E-state index contributed by atoms with van der Waals surface area (Å²) in [7, 11) is 3.93. The molecule has 148 valence electrons. The average molecular weight is 387 g/mol. The van der Waals surface area contributed by atoms with E-state index in [0.717, 1.165) is 22.5 Å². The fourth-order valence-corrected chi connectivity index (χ4v) is 2.91. The lowest BCUT2D eigenvalue weighted by molar-refractivity contribution is 0.0949. The van der Waals surface area contributed by atoms with Gasteiger partial charge in [-0.3, -0.25) is 9.59 Å². The number of carbonyl (C=O) groups is 2. The van der Waals surface area contributed by atoms with Gasteiger partial charge in [0.25, 0.3) is 11.8 Å². The van der Waals surface area contributed by atoms with Gasteiger partial charge in [-0.25, -0.2) is 0 Å². The first-order chi connectivity index (χ1) is 13.9. The van der Waals surface area contributed by atoms with E-state index in [9.17, 15) is 9.59 Å². The molecule has 3 aromatic carbocycles. The summed E-state index contributed by atoms with van der Waals surface area (Å²) in [6, 6.07) is 22.2. The number of hydrogen-bond acceptors (Lipinski definition) is 3. The maximum absolute atomic E-state index is 12.4. The van der Waals surface area contributed by atoms with E-state index < -0.39 is 0 Å². The molecule has 0 spiro atoms. The van der Waals surface area contributed by atoms with Gasteiger partial charge in [-0.05, 0) is 66.6 Å². The van der Waals surface area contributed by atoms with Crippen molar-refractivity contribution in [2.75, 3.05) is 24.3 Å². The molecule has 0 aromatic heterocycles. The van der Waals surface area contributed by atoms with Crippen molar-refractivity contribution in [1.29, 1.82) is 0 Å². The Balaban J connectivity index is 1.59. The van der Waals surface area contributed by atoms with E-state index in [1.165, 1.54) is 0 Å². The lowest BCUT2D eigenvalue weighted by Crippen LogP contribution is -2.23. The Labute approximate surface area is 171 Å². The third kappa shape index (κ3) is 5.23. The van der Waals surface area contributed by atoms with Gasteiger partial charge in [-0.2, -0.15) is 0 Å². The SMILES string of the molecule is Cc1ccccc1CNC(=O)c1ccc(C(=O)Nc2ccc(N(C)C)cc2)cc1. The lowest BCUT2D eigenvalue weighted by Gasteiger charge is -2.13. The minimum absolute atomic E-state index is 0.167. The second kappa shape index (κ2) is 9.06. The van der Waals surface area contributed by atoms with Crippen LogP contribution in [-0.2, 0) is 6.54 Å². The molecule has 0 unspecified atom stereocenters. The van der Waals surface area contributed by atoms with Crippen LogP contribution in [-0.4, -0.2) is 25.9 Å². The minimum Gasteiger partial charge on any atom is -0.378 e. The van der Waals surface area contributed by atoms with E-state index in [0.29, 0.717) is 17.7 Å². The molecule has 5 nitrogen and oxygen atoms in total. The molecular weight excluding hydrogens is 362 g/mol. The number of hydrogen-bond donors (Lipinski definition) is 2. The number of carbonyl (C=O) groups excluding carboxylic acids is 2. The van der Waals surface area contributed by atoms with Crippen molar-refractivity contribution in [2.24, 2.45) is 0 Å². The summed E-state index contributed by atoms with van der Waals surface area (Å²) in [5.41, 5.74) is 5.02. The van der Waals surface area contributed by atoms with Crippen LogP contribution >= 0.6 is 0 Å². The molecule has 5 heteroatoms. The van der Waals surface area contributed by atoms with Gasteiger partial charge < -0.3 is 15.5 Å². The maximum atomic E-state index is 12.4. The monoisotopic (exact) mass is 387 g/mol. The molecule has 0 fully saturated rings. The van der Waals surface area contributed by atoms with Crippen molar-refractivity contribution >= 4 is 23.2 Å². The third-order valence-corrected chi connectivity index (χ3v) is 4.75. The second-order valence-corrected chi connectivity index (χ2v) is 7.08. The van der Waals surface area contributed by atoms with Crippen LogP contribution in [0.4, 0.5) is 11.4 Å². The first-order valence-corrected chi connectivity index (χ1v) is 9.45. The van der Waals surface area contributed by atoms with Crippen LogP contribution in [0.3, 0.4) is 0 Å². The minimum atomic E-state index is -0.213. The van der Waals surface area contributed by atoms with Gasteiger partial charge in [-0.15, -0.1) is 0 Å². The number of nitrogens with one attached hydrogen (secondary N) is 2. The number of rotatable bonds is 6. The van der Waals surface area contributed by atoms with Crippen molar-refractivity contribution < 1.29 is 9.59 Å². The molecule has 2 N–H and O–H groups in total. The Hall–Kier alpha value is -3.60. The van der Waals surface area contributed by atoms with E-state index in [-0.39, 0.29) is 11.8 Å². The Morgan fingerprint density at radius 1 is 0.793 bits per heavy atom. The molecule has 0 aliphatic heterocycles. The van der Waals surface area contributed by atoms with Crippen LogP contribution < -0.4 is 15.5 Å². The summed E-state index contributed by atoms with van der Waals surface area (Å²) < 4.78 is 0. The molecule has 0 aliphatic rings. The van der Waals surface area contributed by atoms with Crippen molar-refractivity contribution in [3.8, 4) is 0 Å². The molecule has 0 saturated heterocycles. The van der Waals surface area contributed by atoms with Crippen LogP contribution in [0, 0.1) is 6.92 Å². The molecule has 0 saturated carbocycles. The fraction of sp³-hybridized carbons (Fsp3) is 0.167. The van der Waals surface area contributed by atoms with Gasteiger partial charge in [0.1, 0.15) is 0 Å². The van der Waals surface area contributed by atoms with Crippen molar-refractivity contribution in [3.63, 3.8) is 0 Å². The van der Waals surface area contributed by atoms with E-state index in [4.69, 9.17) is 0 Å². The van der Waals surface area contributed by atoms with E-state index in [2.05, 4.69) is 10.6 Å². The van der Waals surface area contributed by atoms with Gasteiger partial charge in [0, 0.05) is 43.1 Å². The van der Waals surface area contributed by atoms with Crippen LogP contribution in [0.2, 0.25) is 0 Å². The molecule has 3 rings (SSSR count). The molecular formula is C24H25N3O2. The number of aryl methyl sites for hydroxylation is 1. The molecule has 2 amide bonds. The molecule has 0 atom stereocenters. The summed E-state index contributed by atoms with van der Waals surface area (Å²) in [5, 5.41) is 5.78. The van der Waals surface area contributed by atoms with Gasteiger partial charge >= 0.3 is 0 Å². The summed E-state index contributed by atoms with van der Waals surface area (Å²) in [4.78, 5) is 26.8. The zero-order chi connectivity index (χ0) is 20.8. The number of benzene rings is 3. The van der Waals surface area contributed by atoms with Gasteiger partial charge in [0.15, 0.2) is 0 Å². The van der Waals surface area contributed by atoms with Crippen LogP contribution in [0.15, 0.2) is 72.8 Å². The molecule has 0 radical (unpaired) electrons. The maximum Gasteiger partial charge on any atom is 0.255 e. The highest BCUT2D eigenvalue weighted by Crippen LogP contribution is 2.17. The third-order valence-electron chi connectivity index (χ3n) is 4.75. The predicted molar refractivity (Wildman–Crippen MR) is 118 cm³/mol. The summed E-state index contributed by atoms with van der Waals surface area (Å²) in [6.07, 6.45) is 0. The smallest absolute Gasteiger partial charge is 0.255 e. The largest absolute Gasteiger partial charge is 0.378 e. The van der Waals surface area contributed by atoms with Crippen molar-refractivity contribution in [2.45, 2.75) is 13.5 Å². The predicted octanol–water partition coefficient (Wildman–Crippen LogP) is 4.24. The highest BCUT2D eigenvalue weighted by molar-refractivity contribution is 6.05. The Kier molecular flexibility index (Phi) is 6.29. The van der Waals surface area contributed by atoms with E-state index in [1.807, 2.05) is 74.4 Å². The standard InChI is InChI=1S/C24H25N3O2/c1-17-6-4-5-7-20(17)16-25-23(28)18-8-10-19(11-9-18)24(29)26-21-12-14-22(15-13-21)27(2)3/h4-15H,16H2,1-3H3,(H,25,28)(H,26,29).